The molecule has 124 valence electrons. The van der Waals surface area contributed by atoms with Gasteiger partial charge in [0.15, 0.2) is 21.0 Å². The fourth-order valence-electron chi connectivity index (χ4n) is 2.28. The van der Waals surface area contributed by atoms with Crippen molar-refractivity contribution in [2.75, 3.05) is 0 Å². The van der Waals surface area contributed by atoms with Crippen molar-refractivity contribution in [3.8, 4) is 0 Å². The first-order valence-electron chi connectivity index (χ1n) is 6.84. The molecule has 23 heavy (non-hydrogen) atoms. The largest absolute Gasteiger partial charge is 0.314 e. The summed E-state index contributed by atoms with van der Waals surface area (Å²) in [4.78, 5) is 4.57. The first-order valence-corrected chi connectivity index (χ1v) is 9.58. The normalized spacial score (nSPS) is 14.0. The number of fused-ring (bicyclic) bond motifs is 1. The van der Waals surface area contributed by atoms with Crippen molar-refractivity contribution in [3.05, 3.63) is 28.9 Å². The molecule has 0 fully saturated rings. The summed E-state index contributed by atoms with van der Waals surface area (Å²) in [5.41, 5.74) is 0. The Morgan fingerprint density at radius 2 is 2.09 bits per heavy atom. The van der Waals surface area contributed by atoms with Gasteiger partial charge in [-0.2, -0.15) is 4.72 Å². The second-order valence-corrected chi connectivity index (χ2v) is 8.16. The Labute approximate surface area is 142 Å². The molecule has 0 aliphatic heterocycles. The molecule has 11 heteroatoms. The minimum atomic E-state index is -3.87. The first-order chi connectivity index (χ1) is 10.8. The van der Waals surface area contributed by atoms with Gasteiger partial charge in [-0.25, -0.2) is 13.4 Å². The monoisotopic (exact) mass is 374 g/mol. The summed E-state index contributed by atoms with van der Waals surface area (Å²) in [6.07, 6.45) is 3.20. The minimum Gasteiger partial charge on any atom is -0.314 e. The molecular weight excluding hydrogens is 360 g/mol. The maximum absolute atomic E-state index is 12.7. The molecule has 0 amide bonds. The van der Waals surface area contributed by atoms with E-state index < -0.39 is 16.1 Å². The highest BCUT2D eigenvalue weighted by Crippen LogP contribution is 2.26. The Balaban J connectivity index is 1.96. The van der Waals surface area contributed by atoms with Crippen LogP contribution in [0, 0.1) is 0 Å². The summed E-state index contributed by atoms with van der Waals surface area (Å²) >= 11 is 7.32. The Morgan fingerprint density at radius 3 is 2.78 bits per heavy atom. The Bertz CT molecular complexity index is 942. The summed E-state index contributed by atoms with van der Waals surface area (Å²) in [6, 6.07) is -0.445. The van der Waals surface area contributed by atoms with Gasteiger partial charge in [0.2, 0.25) is 0 Å². The number of halogens is 1. The van der Waals surface area contributed by atoms with Crippen molar-refractivity contribution < 1.29 is 8.42 Å². The van der Waals surface area contributed by atoms with Crippen molar-refractivity contribution in [3.63, 3.8) is 0 Å². The molecule has 0 saturated carbocycles. The van der Waals surface area contributed by atoms with Crippen molar-refractivity contribution in [2.45, 2.75) is 37.9 Å². The van der Waals surface area contributed by atoms with E-state index in [4.69, 9.17) is 11.6 Å². The average Bonchev–Trinajstić information content (AvgIpc) is 3.10. The number of hydrogen-bond donors (Lipinski definition) is 1. The molecule has 0 unspecified atom stereocenters. The van der Waals surface area contributed by atoms with E-state index in [-0.39, 0.29) is 16.2 Å². The third-order valence-electron chi connectivity index (χ3n) is 3.31. The summed E-state index contributed by atoms with van der Waals surface area (Å²) in [7, 11) is -3.87. The van der Waals surface area contributed by atoms with Crippen LogP contribution >= 0.6 is 22.9 Å². The highest BCUT2D eigenvalue weighted by molar-refractivity contribution is 7.89. The SMILES string of the molecule is CC(C)n1cnnc1[C@H](C)NS(=O)(=O)c1c(Cl)nc2sccn12. The lowest BCUT2D eigenvalue weighted by Crippen LogP contribution is -2.30. The van der Waals surface area contributed by atoms with Gasteiger partial charge in [-0.05, 0) is 20.8 Å². The second kappa shape index (κ2) is 5.86. The van der Waals surface area contributed by atoms with Gasteiger partial charge < -0.3 is 4.57 Å². The third-order valence-corrected chi connectivity index (χ3v) is 6.00. The van der Waals surface area contributed by atoms with Gasteiger partial charge in [-0.15, -0.1) is 21.5 Å². The molecule has 0 spiro atoms. The molecule has 3 aromatic heterocycles. The topological polar surface area (TPSA) is 94.2 Å². The van der Waals surface area contributed by atoms with Crippen LogP contribution in [0.1, 0.15) is 38.7 Å². The lowest BCUT2D eigenvalue weighted by atomic mass is 10.3. The van der Waals surface area contributed by atoms with E-state index in [1.165, 1.54) is 15.7 Å². The summed E-state index contributed by atoms with van der Waals surface area (Å²) in [5.74, 6) is 0.533. The fourth-order valence-corrected chi connectivity index (χ4v) is 4.93. The highest BCUT2D eigenvalue weighted by Gasteiger charge is 2.28. The van der Waals surface area contributed by atoms with Gasteiger partial charge in [0, 0.05) is 17.6 Å². The van der Waals surface area contributed by atoms with Crippen LogP contribution in [0.3, 0.4) is 0 Å². The maximum Gasteiger partial charge on any atom is 0.260 e. The molecular formula is C12H15ClN6O2S2. The van der Waals surface area contributed by atoms with Crippen molar-refractivity contribution in [1.82, 2.24) is 28.9 Å². The molecule has 0 saturated heterocycles. The number of thiazole rings is 1. The Morgan fingerprint density at radius 1 is 1.35 bits per heavy atom. The van der Waals surface area contributed by atoms with Gasteiger partial charge in [-0.1, -0.05) is 11.6 Å². The second-order valence-electron chi connectivity index (χ2n) is 5.30. The molecule has 3 rings (SSSR count). The summed E-state index contributed by atoms with van der Waals surface area (Å²) in [6.45, 7) is 5.65. The van der Waals surface area contributed by atoms with Crippen LogP contribution < -0.4 is 4.72 Å². The molecule has 0 aliphatic rings. The molecule has 1 N–H and O–H groups in total. The predicted molar refractivity (Wildman–Crippen MR) is 87.2 cm³/mol. The highest BCUT2D eigenvalue weighted by atomic mass is 35.5. The third kappa shape index (κ3) is 2.87. The smallest absolute Gasteiger partial charge is 0.260 e. The van der Waals surface area contributed by atoms with Crippen LogP contribution in [-0.2, 0) is 10.0 Å². The first kappa shape index (κ1) is 16.4. The molecule has 8 nitrogen and oxygen atoms in total. The van der Waals surface area contributed by atoms with E-state index in [1.54, 1.807) is 24.8 Å². The van der Waals surface area contributed by atoms with Crippen molar-refractivity contribution >= 4 is 37.9 Å². The van der Waals surface area contributed by atoms with Gasteiger partial charge in [-0.3, -0.25) is 4.40 Å². The minimum absolute atomic E-state index is 0.0538. The zero-order valence-corrected chi connectivity index (χ0v) is 15.0. The Kier molecular flexibility index (Phi) is 4.17. The molecule has 3 heterocycles. The standard InChI is InChI=1S/C12H15ClN6O2S2/c1-7(2)19-6-14-16-10(19)8(3)17-23(20,21)11-9(13)15-12-18(11)4-5-22-12/h4-8,17H,1-3H3/t8-/m0/s1. The zero-order valence-electron chi connectivity index (χ0n) is 12.6. The summed E-state index contributed by atoms with van der Waals surface area (Å²) in [5, 5.41) is 9.48. The fraction of sp³-hybridized carbons (Fsp3) is 0.417. The quantitative estimate of drug-likeness (QED) is 0.739. The number of sulfonamides is 1. The van der Waals surface area contributed by atoms with E-state index in [0.717, 1.165) is 0 Å². The van der Waals surface area contributed by atoms with E-state index >= 15 is 0 Å². The molecule has 0 radical (unpaired) electrons. The van der Waals surface area contributed by atoms with Gasteiger partial charge in [0.25, 0.3) is 10.0 Å². The molecule has 3 aromatic rings. The van der Waals surface area contributed by atoms with E-state index in [2.05, 4.69) is 19.9 Å². The lowest BCUT2D eigenvalue weighted by Gasteiger charge is -2.16. The zero-order chi connectivity index (χ0) is 16.8. The molecule has 0 bridgehead atoms. The molecule has 0 aliphatic carbocycles. The average molecular weight is 375 g/mol. The van der Waals surface area contributed by atoms with Gasteiger partial charge in [0.1, 0.15) is 6.33 Å². The number of aromatic nitrogens is 5. The molecule has 1 atom stereocenters. The maximum atomic E-state index is 12.7. The van der Waals surface area contributed by atoms with Crippen LogP contribution in [0.25, 0.3) is 4.96 Å². The number of nitrogens with zero attached hydrogens (tertiary/aromatic N) is 5. The van der Waals surface area contributed by atoms with Crippen molar-refractivity contribution in [2.24, 2.45) is 0 Å². The van der Waals surface area contributed by atoms with Crippen LogP contribution in [0.5, 0.6) is 0 Å². The number of imidazole rings is 1. The number of rotatable bonds is 5. The van der Waals surface area contributed by atoms with E-state index in [9.17, 15) is 8.42 Å². The van der Waals surface area contributed by atoms with Crippen LogP contribution in [0.15, 0.2) is 22.9 Å². The Hall–Kier alpha value is -1.49. The van der Waals surface area contributed by atoms with Crippen molar-refractivity contribution in [1.29, 1.82) is 0 Å². The van der Waals surface area contributed by atoms with E-state index in [1.807, 2.05) is 18.4 Å². The van der Waals surface area contributed by atoms with Crippen LogP contribution in [0.4, 0.5) is 0 Å². The van der Waals surface area contributed by atoms with E-state index in [0.29, 0.717) is 10.8 Å². The molecule has 0 aromatic carbocycles. The predicted octanol–water partition coefficient (Wildman–Crippen LogP) is 2.26. The van der Waals surface area contributed by atoms with Gasteiger partial charge in [0.05, 0.1) is 6.04 Å². The number of hydrogen-bond acceptors (Lipinski definition) is 6. The summed E-state index contributed by atoms with van der Waals surface area (Å²) < 4.78 is 31.3. The van der Waals surface area contributed by atoms with Crippen LogP contribution in [0.2, 0.25) is 5.15 Å². The lowest BCUT2D eigenvalue weighted by molar-refractivity contribution is 0.513. The number of nitrogens with one attached hydrogen (secondary N) is 1. The van der Waals surface area contributed by atoms with Crippen LogP contribution in [-0.4, -0.2) is 32.6 Å². The van der Waals surface area contributed by atoms with Gasteiger partial charge >= 0.3 is 0 Å².